The minimum atomic E-state index is -3.69. The van der Waals surface area contributed by atoms with Crippen molar-refractivity contribution in [2.24, 2.45) is 0 Å². The topological polar surface area (TPSA) is 117 Å². The number of carbonyl (C=O) groups is 2. The van der Waals surface area contributed by atoms with E-state index in [1.165, 1.54) is 12.4 Å². The van der Waals surface area contributed by atoms with Crippen LogP contribution in [0.2, 0.25) is 0 Å². The number of morpholine rings is 1. The molecule has 0 bridgehead atoms. The Hall–Kier alpha value is -2.04. The number of carboxylic acids is 1. The van der Waals surface area contributed by atoms with Gasteiger partial charge in [0, 0.05) is 37.6 Å². The first kappa shape index (κ1) is 18.3. The van der Waals surface area contributed by atoms with E-state index in [1.54, 1.807) is 17.0 Å². The van der Waals surface area contributed by atoms with Crippen LogP contribution in [0.25, 0.3) is 0 Å². The number of ether oxygens (including phenoxy) is 1. The van der Waals surface area contributed by atoms with E-state index in [1.807, 2.05) is 0 Å². The van der Waals surface area contributed by atoms with Gasteiger partial charge >= 0.3 is 5.97 Å². The maximum Gasteiger partial charge on any atom is 0.318 e. The van der Waals surface area contributed by atoms with Gasteiger partial charge in [-0.15, -0.1) is 0 Å². The quantitative estimate of drug-likeness (QED) is 0.713. The van der Waals surface area contributed by atoms with Crippen LogP contribution in [0.5, 0.6) is 0 Å². The number of sulfonamides is 1. The van der Waals surface area contributed by atoms with Gasteiger partial charge < -0.3 is 14.7 Å². The summed E-state index contributed by atoms with van der Waals surface area (Å²) in [5.74, 6) is -1.45. The van der Waals surface area contributed by atoms with Gasteiger partial charge in [-0.25, -0.2) is 8.42 Å². The van der Waals surface area contributed by atoms with Gasteiger partial charge in [0.1, 0.15) is 6.54 Å². The Bertz CT molecular complexity index is 694. The number of rotatable bonds is 6. The number of pyridine rings is 1. The molecule has 132 valence electrons. The number of carboxylic acid groups (broad SMARTS) is 1. The van der Waals surface area contributed by atoms with Crippen molar-refractivity contribution >= 4 is 21.9 Å². The average Bonchev–Trinajstić information content (AvgIpc) is 2.53. The predicted molar refractivity (Wildman–Crippen MR) is 83.9 cm³/mol. The highest BCUT2D eigenvalue weighted by Crippen LogP contribution is 2.12. The second-order valence-corrected chi connectivity index (χ2v) is 7.41. The third-order valence-electron chi connectivity index (χ3n) is 3.54. The molecule has 1 unspecified atom stereocenters. The van der Waals surface area contributed by atoms with Crippen LogP contribution in [0.3, 0.4) is 0 Å². The predicted octanol–water partition coefficient (Wildman–Crippen LogP) is -0.731. The zero-order valence-corrected chi connectivity index (χ0v) is 14.0. The fourth-order valence-electron chi connectivity index (χ4n) is 2.39. The van der Waals surface area contributed by atoms with Crippen LogP contribution in [0, 0.1) is 0 Å². The molecule has 0 aromatic carbocycles. The van der Waals surface area contributed by atoms with Crippen molar-refractivity contribution in [1.82, 2.24) is 14.2 Å². The second-order valence-electron chi connectivity index (χ2n) is 5.43. The molecule has 1 saturated heterocycles. The van der Waals surface area contributed by atoms with Gasteiger partial charge in [0.25, 0.3) is 5.91 Å². The van der Waals surface area contributed by atoms with Crippen molar-refractivity contribution in [2.45, 2.75) is 6.10 Å². The lowest BCUT2D eigenvalue weighted by Gasteiger charge is -2.34. The van der Waals surface area contributed by atoms with Crippen LogP contribution in [-0.2, 0) is 19.6 Å². The third kappa shape index (κ3) is 4.98. The molecule has 1 aliphatic rings. The Balaban J connectivity index is 2.04. The average molecular weight is 357 g/mol. The first-order chi connectivity index (χ1) is 11.3. The van der Waals surface area contributed by atoms with Crippen LogP contribution in [-0.4, -0.2) is 84.7 Å². The maximum atomic E-state index is 12.4. The standard InChI is InChI=1S/C14H19N3O6S/c1-24(21,22)17(10-13(18)19)9-12-8-16(6-7-23-12)14(20)11-2-4-15-5-3-11/h2-5,12H,6-10H2,1H3,(H,18,19). The van der Waals surface area contributed by atoms with Crippen molar-refractivity contribution in [3.63, 3.8) is 0 Å². The van der Waals surface area contributed by atoms with E-state index in [9.17, 15) is 18.0 Å². The van der Waals surface area contributed by atoms with Crippen LogP contribution >= 0.6 is 0 Å². The van der Waals surface area contributed by atoms with Gasteiger partial charge in [0.2, 0.25) is 10.0 Å². The highest BCUT2D eigenvalue weighted by atomic mass is 32.2. The molecule has 2 rings (SSSR count). The summed E-state index contributed by atoms with van der Waals surface area (Å²) in [6.45, 7) is 0.0661. The summed E-state index contributed by atoms with van der Waals surface area (Å²) >= 11 is 0. The molecular weight excluding hydrogens is 338 g/mol. The summed E-state index contributed by atoms with van der Waals surface area (Å²) in [6.07, 6.45) is 3.39. The highest BCUT2D eigenvalue weighted by molar-refractivity contribution is 7.88. The van der Waals surface area contributed by atoms with Crippen molar-refractivity contribution in [3.8, 4) is 0 Å². The smallest absolute Gasteiger partial charge is 0.318 e. The fourth-order valence-corrected chi connectivity index (χ4v) is 3.17. The van der Waals surface area contributed by atoms with Crippen LogP contribution in [0.15, 0.2) is 24.5 Å². The first-order valence-electron chi connectivity index (χ1n) is 7.25. The van der Waals surface area contributed by atoms with Crippen LogP contribution < -0.4 is 0 Å². The number of carbonyl (C=O) groups excluding carboxylic acids is 1. The Morgan fingerprint density at radius 2 is 2.08 bits per heavy atom. The lowest BCUT2D eigenvalue weighted by Crippen LogP contribution is -2.51. The Labute approximate surface area is 139 Å². The van der Waals surface area contributed by atoms with E-state index in [-0.39, 0.29) is 25.6 Å². The molecule has 0 radical (unpaired) electrons. The van der Waals surface area contributed by atoms with E-state index >= 15 is 0 Å². The molecule has 1 atom stereocenters. The molecule has 9 nitrogen and oxygen atoms in total. The summed E-state index contributed by atoms with van der Waals surface area (Å²) < 4.78 is 29.7. The normalized spacial score (nSPS) is 18.6. The minimum absolute atomic E-state index is 0.120. The van der Waals surface area contributed by atoms with Gasteiger partial charge in [-0.05, 0) is 12.1 Å². The van der Waals surface area contributed by atoms with Gasteiger partial charge in [0.15, 0.2) is 0 Å². The first-order valence-corrected chi connectivity index (χ1v) is 9.10. The van der Waals surface area contributed by atoms with Gasteiger partial charge in [0.05, 0.1) is 19.0 Å². The zero-order chi connectivity index (χ0) is 17.7. The summed E-state index contributed by atoms with van der Waals surface area (Å²) in [6, 6.07) is 3.19. The number of hydrogen-bond donors (Lipinski definition) is 1. The minimum Gasteiger partial charge on any atom is -0.480 e. The Kier molecular flexibility index (Phi) is 5.86. The van der Waals surface area contributed by atoms with Crippen molar-refractivity contribution in [2.75, 3.05) is 39.0 Å². The number of aromatic nitrogens is 1. The molecule has 1 aliphatic heterocycles. The maximum absolute atomic E-state index is 12.4. The molecule has 10 heteroatoms. The van der Waals surface area contributed by atoms with Crippen molar-refractivity contribution in [3.05, 3.63) is 30.1 Å². The van der Waals surface area contributed by atoms with E-state index in [4.69, 9.17) is 9.84 Å². The third-order valence-corrected chi connectivity index (χ3v) is 4.76. The molecule has 1 aromatic rings. The van der Waals surface area contributed by atoms with Gasteiger partial charge in [-0.2, -0.15) is 4.31 Å². The summed E-state index contributed by atoms with van der Waals surface area (Å²) in [7, 11) is -3.69. The van der Waals surface area contributed by atoms with Gasteiger partial charge in [-0.1, -0.05) is 0 Å². The largest absolute Gasteiger partial charge is 0.480 e. The number of aliphatic carboxylic acids is 1. The number of nitrogens with zero attached hydrogens (tertiary/aromatic N) is 3. The van der Waals surface area contributed by atoms with E-state index < -0.39 is 28.6 Å². The molecule has 0 saturated carbocycles. The molecule has 24 heavy (non-hydrogen) atoms. The van der Waals surface area contributed by atoms with Gasteiger partial charge in [-0.3, -0.25) is 14.6 Å². The lowest BCUT2D eigenvalue weighted by molar-refractivity contribution is -0.137. The molecular formula is C14H19N3O6S. The Morgan fingerprint density at radius 3 is 2.67 bits per heavy atom. The summed E-state index contributed by atoms with van der Waals surface area (Å²) in [5, 5.41) is 8.85. The zero-order valence-electron chi connectivity index (χ0n) is 13.2. The monoisotopic (exact) mass is 357 g/mol. The number of amides is 1. The molecule has 2 heterocycles. The molecule has 0 spiro atoms. The molecule has 1 amide bonds. The van der Waals surface area contributed by atoms with Crippen LogP contribution in [0.1, 0.15) is 10.4 Å². The fraction of sp³-hybridized carbons (Fsp3) is 0.500. The SMILES string of the molecule is CS(=O)(=O)N(CC(=O)O)CC1CN(C(=O)c2ccncc2)CCO1. The molecule has 1 aromatic heterocycles. The number of hydrogen-bond acceptors (Lipinski definition) is 6. The summed E-state index contributed by atoms with van der Waals surface area (Å²) in [5.41, 5.74) is 0.483. The molecule has 1 N–H and O–H groups in total. The van der Waals surface area contributed by atoms with Crippen molar-refractivity contribution < 1.29 is 27.9 Å². The molecule has 0 aliphatic carbocycles. The second kappa shape index (κ2) is 7.69. The summed E-state index contributed by atoms with van der Waals surface area (Å²) in [4.78, 5) is 28.7. The lowest BCUT2D eigenvalue weighted by atomic mass is 10.2. The van der Waals surface area contributed by atoms with E-state index in [0.29, 0.717) is 12.1 Å². The van der Waals surface area contributed by atoms with E-state index in [2.05, 4.69) is 4.98 Å². The van der Waals surface area contributed by atoms with Crippen molar-refractivity contribution in [1.29, 1.82) is 0 Å². The Morgan fingerprint density at radius 1 is 1.42 bits per heavy atom. The van der Waals surface area contributed by atoms with Crippen LogP contribution in [0.4, 0.5) is 0 Å². The molecule has 1 fully saturated rings. The highest BCUT2D eigenvalue weighted by Gasteiger charge is 2.30. The van der Waals surface area contributed by atoms with E-state index in [0.717, 1.165) is 10.6 Å².